The predicted octanol–water partition coefficient (Wildman–Crippen LogP) is 5.81. The number of hydroxylamine groups is 1. The van der Waals surface area contributed by atoms with Gasteiger partial charge in [0.1, 0.15) is 16.6 Å². The van der Waals surface area contributed by atoms with Gasteiger partial charge in [-0.25, -0.2) is 14.6 Å². The first kappa shape index (κ1) is 30.2. The Morgan fingerprint density at radius 2 is 1.68 bits per heavy atom. The Morgan fingerprint density at radius 3 is 2.32 bits per heavy atom. The number of carbonyl (C=O) groups is 1. The third kappa shape index (κ3) is 8.38. The first-order valence-electron chi connectivity index (χ1n) is 14.4. The quantitative estimate of drug-likeness (QED) is 0.291. The van der Waals surface area contributed by atoms with Gasteiger partial charge in [0.15, 0.2) is 6.29 Å². The number of halogens is 3. The van der Waals surface area contributed by atoms with Gasteiger partial charge in [-0.15, -0.1) is 0 Å². The molecule has 41 heavy (non-hydrogen) atoms. The highest BCUT2D eigenvalue weighted by atomic mass is 32.2. The highest BCUT2D eigenvalue weighted by Gasteiger charge is 2.45. The Morgan fingerprint density at radius 1 is 0.976 bits per heavy atom. The van der Waals surface area contributed by atoms with Gasteiger partial charge >= 0.3 is 6.18 Å². The van der Waals surface area contributed by atoms with Crippen LogP contribution in [0.3, 0.4) is 0 Å². The standard InChI is InChI=1S/C30H38F3N3O4S/c31-30(32,33)24-9-11-25(12-10-24)39-26-13-17-36(18-14-26)41-29(28(37)34-40-27-8-4-5-21-38-27)15-19-35(20-16-29)22-23-6-2-1-3-7-23/h1-3,6-7,9-12,26-27H,4-5,8,13-22H2,(H,34,37). The summed E-state index contributed by atoms with van der Waals surface area (Å²) in [4.78, 5) is 21.7. The Bertz CT molecular complexity index is 1100. The van der Waals surface area contributed by atoms with Crippen molar-refractivity contribution in [3.05, 3.63) is 65.7 Å². The maximum Gasteiger partial charge on any atom is 0.416 e. The molecule has 1 unspecified atom stereocenters. The zero-order valence-corrected chi connectivity index (χ0v) is 23.9. The molecule has 7 nitrogen and oxygen atoms in total. The van der Waals surface area contributed by atoms with Crippen molar-refractivity contribution in [1.82, 2.24) is 14.7 Å². The summed E-state index contributed by atoms with van der Waals surface area (Å²) in [5.41, 5.74) is 3.31. The van der Waals surface area contributed by atoms with Crippen LogP contribution in [0.2, 0.25) is 0 Å². The lowest BCUT2D eigenvalue weighted by Gasteiger charge is -2.43. The third-order valence-corrected chi connectivity index (χ3v) is 9.50. The highest BCUT2D eigenvalue weighted by Crippen LogP contribution is 2.41. The van der Waals surface area contributed by atoms with Crippen molar-refractivity contribution in [1.29, 1.82) is 0 Å². The lowest BCUT2D eigenvalue weighted by atomic mass is 9.94. The fourth-order valence-corrected chi connectivity index (χ4v) is 6.87. The van der Waals surface area contributed by atoms with Crippen LogP contribution in [0.1, 0.15) is 56.1 Å². The number of carbonyl (C=O) groups excluding carboxylic acids is 1. The number of nitrogens with one attached hydrogen (secondary N) is 1. The van der Waals surface area contributed by atoms with Crippen LogP contribution in [0.5, 0.6) is 5.75 Å². The summed E-state index contributed by atoms with van der Waals surface area (Å²) in [6.07, 6.45) is 0.727. The van der Waals surface area contributed by atoms with Crippen molar-refractivity contribution in [3.63, 3.8) is 0 Å². The van der Waals surface area contributed by atoms with E-state index in [-0.39, 0.29) is 12.0 Å². The number of amides is 1. The average Bonchev–Trinajstić information content (AvgIpc) is 2.99. The van der Waals surface area contributed by atoms with Crippen LogP contribution in [0.15, 0.2) is 54.6 Å². The normalized spacial score (nSPS) is 22.8. The average molecular weight is 594 g/mol. The van der Waals surface area contributed by atoms with E-state index in [2.05, 4.69) is 26.8 Å². The Balaban J connectivity index is 1.16. The van der Waals surface area contributed by atoms with Crippen LogP contribution in [0, 0.1) is 0 Å². The van der Waals surface area contributed by atoms with Gasteiger partial charge in [-0.3, -0.25) is 9.69 Å². The third-order valence-electron chi connectivity index (χ3n) is 7.94. The molecule has 224 valence electrons. The van der Waals surface area contributed by atoms with Crippen LogP contribution >= 0.6 is 11.9 Å². The van der Waals surface area contributed by atoms with E-state index in [1.807, 2.05) is 18.2 Å². The zero-order chi connectivity index (χ0) is 28.7. The second-order valence-electron chi connectivity index (χ2n) is 11.0. The molecule has 0 bridgehead atoms. The minimum absolute atomic E-state index is 0.0899. The molecule has 3 saturated heterocycles. The first-order valence-corrected chi connectivity index (χ1v) is 15.2. The molecule has 1 N–H and O–H groups in total. The summed E-state index contributed by atoms with van der Waals surface area (Å²) in [7, 11) is 0. The van der Waals surface area contributed by atoms with Gasteiger partial charge in [0.05, 0.1) is 5.56 Å². The molecule has 3 aliphatic rings. The molecule has 1 amide bonds. The van der Waals surface area contributed by atoms with Gasteiger partial charge in [0.2, 0.25) is 0 Å². The maximum absolute atomic E-state index is 13.6. The van der Waals surface area contributed by atoms with Crippen molar-refractivity contribution in [3.8, 4) is 5.75 Å². The van der Waals surface area contributed by atoms with Crippen molar-refractivity contribution >= 4 is 17.9 Å². The summed E-state index contributed by atoms with van der Waals surface area (Å²) in [5.74, 6) is 0.312. The van der Waals surface area contributed by atoms with Crippen LogP contribution < -0.4 is 10.2 Å². The molecule has 3 fully saturated rings. The van der Waals surface area contributed by atoms with E-state index in [1.54, 1.807) is 11.9 Å². The zero-order valence-electron chi connectivity index (χ0n) is 23.1. The first-order chi connectivity index (χ1) is 19.8. The SMILES string of the molecule is O=C(NOC1CCCCO1)C1(SN2CCC(Oc3ccc(C(F)(F)F)cc3)CC2)CCN(Cc2ccccc2)CC1. The van der Waals surface area contributed by atoms with Crippen LogP contribution in [0.25, 0.3) is 0 Å². The number of benzene rings is 2. The second kappa shape index (κ2) is 13.8. The number of hydrogen-bond acceptors (Lipinski definition) is 7. The van der Waals surface area contributed by atoms with E-state index in [0.29, 0.717) is 38.3 Å². The molecule has 0 radical (unpaired) electrons. The van der Waals surface area contributed by atoms with Crippen molar-refractivity contribution in [2.45, 2.75) is 74.8 Å². The summed E-state index contributed by atoms with van der Waals surface area (Å²) in [5, 5.41) is 0. The number of rotatable bonds is 9. The van der Waals surface area contributed by atoms with Crippen LogP contribution in [-0.4, -0.2) is 65.0 Å². The lowest BCUT2D eigenvalue weighted by Crippen LogP contribution is -2.54. The van der Waals surface area contributed by atoms with Crippen LogP contribution in [-0.2, 0) is 27.1 Å². The molecular formula is C30H38F3N3O4S. The molecule has 3 heterocycles. The topological polar surface area (TPSA) is 63.3 Å². The molecule has 0 aromatic heterocycles. The minimum atomic E-state index is -4.37. The number of piperidine rings is 2. The van der Waals surface area contributed by atoms with E-state index in [1.165, 1.54) is 17.7 Å². The highest BCUT2D eigenvalue weighted by molar-refractivity contribution is 7.99. The Kier molecular flexibility index (Phi) is 10.1. The number of likely N-dealkylation sites (tertiary alicyclic amines) is 1. The summed E-state index contributed by atoms with van der Waals surface area (Å²) >= 11 is 1.60. The Labute approximate surface area is 243 Å². The number of hydrogen-bond donors (Lipinski definition) is 1. The molecule has 2 aromatic carbocycles. The maximum atomic E-state index is 13.6. The van der Waals surface area contributed by atoms with E-state index >= 15 is 0 Å². The van der Waals surface area contributed by atoms with Crippen molar-refractivity contribution < 1.29 is 32.3 Å². The lowest BCUT2D eigenvalue weighted by molar-refractivity contribution is -0.201. The van der Waals surface area contributed by atoms with Crippen molar-refractivity contribution in [2.24, 2.45) is 0 Å². The minimum Gasteiger partial charge on any atom is -0.490 e. The van der Waals surface area contributed by atoms with Gasteiger partial charge in [0.25, 0.3) is 5.91 Å². The molecular weight excluding hydrogens is 555 g/mol. The van der Waals surface area contributed by atoms with Gasteiger partial charge in [-0.2, -0.15) is 13.2 Å². The van der Waals surface area contributed by atoms with Gasteiger partial charge in [0, 0.05) is 45.8 Å². The fraction of sp³-hybridized carbons (Fsp3) is 0.567. The molecule has 5 rings (SSSR count). The number of ether oxygens (including phenoxy) is 2. The Hall–Kier alpha value is -2.31. The molecule has 11 heteroatoms. The molecule has 2 aromatic rings. The second-order valence-corrected chi connectivity index (χ2v) is 12.4. The summed E-state index contributed by atoms with van der Waals surface area (Å²) in [6.45, 7) is 4.50. The molecule has 1 atom stereocenters. The molecule has 0 aliphatic carbocycles. The summed E-state index contributed by atoms with van der Waals surface area (Å²) in [6, 6.07) is 15.2. The molecule has 3 aliphatic heterocycles. The van der Waals surface area contributed by atoms with Gasteiger partial charge < -0.3 is 9.47 Å². The monoisotopic (exact) mass is 593 g/mol. The smallest absolute Gasteiger partial charge is 0.416 e. The molecule has 0 spiro atoms. The van der Waals surface area contributed by atoms with E-state index in [0.717, 1.165) is 63.9 Å². The number of alkyl halides is 3. The van der Waals surface area contributed by atoms with E-state index < -0.39 is 22.8 Å². The fourth-order valence-electron chi connectivity index (χ4n) is 5.49. The predicted molar refractivity (Wildman–Crippen MR) is 151 cm³/mol. The van der Waals surface area contributed by atoms with Gasteiger partial charge in [-0.1, -0.05) is 42.3 Å². The van der Waals surface area contributed by atoms with Crippen molar-refractivity contribution in [2.75, 3.05) is 32.8 Å². The van der Waals surface area contributed by atoms with E-state index in [9.17, 15) is 18.0 Å². The largest absolute Gasteiger partial charge is 0.490 e. The number of nitrogens with zero attached hydrogens (tertiary/aromatic N) is 2. The summed E-state index contributed by atoms with van der Waals surface area (Å²) < 4.78 is 51.8. The van der Waals surface area contributed by atoms with Crippen LogP contribution in [0.4, 0.5) is 13.2 Å². The molecule has 0 saturated carbocycles. The van der Waals surface area contributed by atoms with Gasteiger partial charge in [-0.05, 0) is 68.4 Å². The van der Waals surface area contributed by atoms with E-state index in [4.69, 9.17) is 14.3 Å².